The monoisotopic (exact) mass is 574 g/mol. The van der Waals surface area contributed by atoms with E-state index >= 15 is 0 Å². The van der Waals surface area contributed by atoms with E-state index in [0.29, 0.717) is 7.25 Å². The Balaban J connectivity index is 0.00000120. The van der Waals surface area contributed by atoms with E-state index in [4.69, 9.17) is 0 Å². The first kappa shape index (κ1) is 24.3. The zero-order valence-electron chi connectivity index (χ0n) is 19.8. The Hall–Kier alpha value is -1.44. The summed E-state index contributed by atoms with van der Waals surface area (Å²) in [6.45, 7) is 10.2. The van der Waals surface area contributed by atoms with Gasteiger partial charge in [0.25, 0.3) is 0 Å². The van der Waals surface area contributed by atoms with Gasteiger partial charge in [-0.25, -0.2) is 0 Å². The molecule has 2 atom stereocenters. The molecular weight excluding hydrogens is 551 g/mol. The van der Waals surface area contributed by atoms with Crippen LogP contribution in [0.2, 0.25) is 13.1 Å². The van der Waals surface area contributed by atoms with Gasteiger partial charge in [-0.15, -0.1) is 0 Å². The molecule has 3 aliphatic rings. The molecule has 4 heteroatoms. The molecule has 0 aromatic heterocycles. The number of benzene rings is 4. The van der Waals surface area contributed by atoms with E-state index in [9.17, 15) is 0 Å². The third-order valence-corrected chi connectivity index (χ3v) is 17.4. The minimum Gasteiger partial charge on any atom is -1.00 e. The molecule has 0 amide bonds. The molecule has 4 aromatic carbocycles. The number of halogens is 2. The third kappa shape index (κ3) is 3.12. The minimum absolute atomic E-state index is 0. The third-order valence-electron chi connectivity index (χ3n) is 8.23. The maximum absolute atomic E-state index is 2.63. The van der Waals surface area contributed by atoms with Crippen molar-refractivity contribution in [2.45, 2.75) is 34.2 Å². The topological polar surface area (TPSA) is 0 Å². The predicted molar refractivity (Wildman–Crippen MR) is 136 cm³/mol. The van der Waals surface area contributed by atoms with Crippen LogP contribution in [0.5, 0.6) is 0 Å². The molecule has 1 heterocycles. The van der Waals surface area contributed by atoms with E-state index in [-0.39, 0.29) is 24.8 Å². The standard InChI is InChI=1S/C30H26Si.2ClH.Zr/c1-19-13-25-15-21-9-5-7-11-23(21)17-27(25)29(19)31(3,4)30-20(2)14-26-16-22-10-6-8-12-24(22)18-28(26)30;;;/h5-18H,1-4H3;2*1H;/q;;;+2/p-2. The summed E-state index contributed by atoms with van der Waals surface area (Å²) in [7, 11) is -1.87. The van der Waals surface area contributed by atoms with Gasteiger partial charge in [0.05, 0.1) is 0 Å². The van der Waals surface area contributed by atoms with Gasteiger partial charge in [-0.3, -0.25) is 0 Å². The Morgan fingerprint density at radius 1 is 0.588 bits per heavy atom. The van der Waals surface area contributed by atoms with Crippen LogP contribution in [0, 0.1) is 0 Å². The van der Waals surface area contributed by atoms with Gasteiger partial charge in [-0.05, 0) is 0 Å². The largest absolute Gasteiger partial charge is 1.00 e. The van der Waals surface area contributed by atoms with Crippen molar-refractivity contribution in [2.24, 2.45) is 0 Å². The molecule has 1 aliphatic heterocycles. The summed E-state index contributed by atoms with van der Waals surface area (Å²) < 4.78 is 1.41. The summed E-state index contributed by atoms with van der Waals surface area (Å²) in [5.74, 6) is 0. The molecule has 0 saturated carbocycles. The smallest absolute Gasteiger partial charge is 1.00 e. The first-order chi connectivity index (χ1) is 15.4. The van der Waals surface area contributed by atoms with Crippen LogP contribution in [0.1, 0.15) is 43.4 Å². The fourth-order valence-electron chi connectivity index (χ4n) is 6.99. The Kier molecular flexibility index (Phi) is 5.93. The minimum atomic E-state index is -1.87. The Morgan fingerprint density at radius 3 is 1.32 bits per heavy atom. The summed E-state index contributed by atoms with van der Waals surface area (Å²) >= 11 is -0.788. The fraction of sp³-hybridized carbons (Fsp3) is 0.200. The van der Waals surface area contributed by atoms with Gasteiger partial charge >= 0.3 is 204 Å². The number of rotatable bonds is 0. The molecule has 0 radical (unpaired) electrons. The van der Waals surface area contributed by atoms with Gasteiger partial charge in [-0.1, -0.05) is 0 Å². The molecule has 7 rings (SSSR count). The molecule has 4 bridgehead atoms. The van der Waals surface area contributed by atoms with Crippen molar-refractivity contribution in [1.29, 1.82) is 0 Å². The van der Waals surface area contributed by atoms with Crippen molar-refractivity contribution in [3.8, 4) is 0 Å². The average Bonchev–Trinajstić information content (AvgIpc) is 3.22. The van der Waals surface area contributed by atoms with Crippen molar-refractivity contribution in [1.82, 2.24) is 0 Å². The van der Waals surface area contributed by atoms with Crippen molar-refractivity contribution in [2.75, 3.05) is 0 Å². The SMILES string of the molecule is CC1=C2c3cc4ccccc4cc3[CH]1[Zr+2][CH]1C(C)=C(c3cc4ccccc4cc31)[Si]2(C)C.[Cl-].[Cl-]. The Morgan fingerprint density at radius 2 is 0.941 bits per heavy atom. The van der Waals surface area contributed by atoms with Gasteiger partial charge in [0.15, 0.2) is 0 Å². The van der Waals surface area contributed by atoms with E-state index in [1.54, 1.807) is 43.8 Å². The second kappa shape index (κ2) is 8.31. The van der Waals surface area contributed by atoms with E-state index in [1.807, 2.05) is 0 Å². The zero-order chi connectivity index (χ0) is 21.8. The maximum atomic E-state index is 2.63. The molecule has 0 nitrogen and oxygen atoms in total. The Bertz CT molecular complexity index is 1450. The second-order valence-corrected chi connectivity index (χ2v) is 18.3. The molecule has 0 fully saturated rings. The molecule has 0 spiro atoms. The van der Waals surface area contributed by atoms with Gasteiger partial charge in [0.1, 0.15) is 0 Å². The molecule has 168 valence electrons. The van der Waals surface area contributed by atoms with Crippen molar-refractivity contribution in [3.63, 3.8) is 0 Å². The fourth-order valence-corrected chi connectivity index (χ4v) is 16.8. The van der Waals surface area contributed by atoms with E-state index < -0.39 is 31.3 Å². The van der Waals surface area contributed by atoms with Crippen LogP contribution >= 0.6 is 0 Å². The number of allylic oxidation sites excluding steroid dienone is 2. The molecule has 2 aliphatic carbocycles. The first-order valence-electron chi connectivity index (χ1n) is 11.7. The van der Waals surface area contributed by atoms with Crippen LogP contribution in [0.25, 0.3) is 31.9 Å². The molecule has 0 saturated heterocycles. The predicted octanol–water partition coefficient (Wildman–Crippen LogP) is 2.24. The summed E-state index contributed by atoms with van der Waals surface area (Å²) in [6, 6.07) is 28.1. The van der Waals surface area contributed by atoms with E-state index in [1.165, 1.54) is 21.5 Å². The quantitative estimate of drug-likeness (QED) is 0.282. The van der Waals surface area contributed by atoms with Crippen LogP contribution in [-0.2, 0) is 23.2 Å². The molecule has 0 N–H and O–H groups in total. The van der Waals surface area contributed by atoms with Gasteiger partial charge in [0.2, 0.25) is 0 Å². The number of hydrogen-bond donors (Lipinski definition) is 0. The van der Waals surface area contributed by atoms with Crippen LogP contribution in [0.3, 0.4) is 0 Å². The molecular formula is C30H26Cl2SiZr. The summed E-state index contributed by atoms with van der Waals surface area (Å²) in [4.78, 5) is 0. The van der Waals surface area contributed by atoms with E-state index in [2.05, 4.69) is 99.7 Å². The summed E-state index contributed by atoms with van der Waals surface area (Å²) in [5, 5.41) is 9.11. The van der Waals surface area contributed by atoms with Crippen molar-refractivity contribution in [3.05, 3.63) is 106 Å². The summed E-state index contributed by atoms with van der Waals surface area (Å²) in [5.41, 5.74) is 9.97. The maximum Gasteiger partial charge on any atom is -1.00 e. The first-order valence-corrected chi connectivity index (χ1v) is 17.5. The average molecular weight is 577 g/mol. The van der Waals surface area contributed by atoms with E-state index in [0.717, 1.165) is 0 Å². The second-order valence-electron chi connectivity index (χ2n) is 10.3. The van der Waals surface area contributed by atoms with Crippen LogP contribution < -0.4 is 24.8 Å². The van der Waals surface area contributed by atoms with Crippen LogP contribution in [0.15, 0.2) is 83.9 Å². The van der Waals surface area contributed by atoms with Gasteiger partial charge in [0, 0.05) is 0 Å². The van der Waals surface area contributed by atoms with Crippen LogP contribution in [0.4, 0.5) is 0 Å². The van der Waals surface area contributed by atoms with Crippen LogP contribution in [-0.4, -0.2) is 8.07 Å². The van der Waals surface area contributed by atoms with Crippen molar-refractivity contribution < 1.29 is 48.0 Å². The van der Waals surface area contributed by atoms with Gasteiger partial charge in [-0.2, -0.15) is 0 Å². The molecule has 34 heavy (non-hydrogen) atoms. The molecule has 4 aromatic rings. The van der Waals surface area contributed by atoms with Gasteiger partial charge < -0.3 is 24.8 Å². The zero-order valence-corrected chi connectivity index (χ0v) is 24.8. The Labute approximate surface area is 226 Å². The number of hydrogen-bond acceptors (Lipinski definition) is 0. The summed E-state index contributed by atoms with van der Waals surface area (Å²) in [6.07, 6.45) is 0. The molecule has 2 unspecified atom stereocenters. The number of fused-ring (bicyclic) bond motifs is 10. The van der Waals surface area contributed by atoms with Crippen molar-refractivity contribution >= 4 is 40.0 Å². The normalized spacial score (nSPS) is 21.1.